The monoisotopic (exact) mass is 238 g/mol. The first-order valence-corrected chi connectivity index (χ1v) is 13.0. The van der Waals surface area contributed by atoms with Crippen molar-refractivity contribution in [1.29, 1.82) is 0 Å². The molecular weight excluding hydrogens is 212 g/mol. The van der Waals surface area contributed by atoms with Crippen molar-refractivity contribution in [3.63, 3.8) is 0 Å². The first-order valence-electron chi connectivity index (χ1n) is 6.04. The maximum absolute atomic E-state index is 2.50. The zero-order chi connectivity index (χ0) is 11.9. The van der Waals surface area contributed by atoms with E-state index in [0.29, 0.717) is 5.92 Å². The van der Waals surface area contributed by atoms with Gasteiger partial charge in [-0.1, -0.05) is 68.8 Å². The molecule has 2 heteroatoms. The van der Waals surface area contributed by atoms with Gasteiger partial charge in [-0.05, 0) is 12.3 Å². The molecule has 0 heterocycles. The van der Waals surface area contributed by atoms with E-state index in [1.807, 2.05) is 10.4 Å². The Hall–Kier alpha value is -0.0862. The van der Waals surface area contributed by atoms with Crippen LogP contribution in [0.3, 0.4) is 0 Å². The zero-order valence-electron chi connectivity index (χ0n) is 11.4. The van der Waals surface area contributed by atoms with Gasteiger partial charge in [-0.15, -0.1) is 0 Å². The summed E-state index contributed by atoms with van der Waals surface area (Å²) in [6.45, 7) is 17.4. The van der Waals surface area contributed by atoms with E-state index in [1.54, 1.807) is 0 Å². The van der Waals surface area contributed by atoms with Crippen LogP contribution >= 0.6 is 0 Å². The van der Waals surface area contributed by atoms with E-state index in [0.717, 1.165) is 0 Å². The third-order valence-corrected chi connectivity index (χ3v) is 8.15. The minimum Gasteiger partial charge on any atom is -0.0843 e. The molecule has 0 aromatic rings. The largest absolute Gasteiger partial charge is 0.0843 e. The first kappa shape index (κ1) is 13.0. The molecule has 1 unspecified atom stereocenters. The van der Waals surface area contributed by atoms with Gasteiger partial charge in [0, 0.05) is 0 Å². The minimum atomic E-state index is -1.13. The Morgan fingerprint density at radius 1 is 1.00 bits per heavy atom. The van der Waals surface area contributed by atoms with Gasteiger partial charge in [0.15, 0.2) is 0 Å². The number of hydrogen-bond donors (Lipinski definition) is 0. The highest BCUT2D eigenvalue weighted by Gasteiger charge is 2.32. The lowest BCUT2D eigenvalue weighted by Gasteiger charge is -2.36. The molecule has 0 bridgehead atoms. The van der Waals surface area contributed by atoms with Gasteiger partial charge in [0.25, 0.3) is 0 Å². The van der Waals surface area contributed by atoms with Crippen molar-refractivity contribution in [2.45, 2.75) is 52.6 Å². The Labute approximate surface area is 97.5 Å². The molecule has 0 amide bonds. The highest BCUT2D eigenvalue weighted by Crippen LogP contribution is 2.36. The summed E-state index contributed by atoms with van der Waals surface area (Å²) < 4.78 is 0. The van der Waals surface area contributed by atoms with E-state index in [9.17, 15) is 0 Å². The van der Waals surface area contributed by atoms with Crippen molar-refractivity contribution in [3.05, 3.63) is 22.5 Å². The summed E-state index contributed by atoms with van der Waals surface area (Å²) >= 11 is 0. The van der Waals surface area contributed by atoms with Crippen molar-refractivity contribution in [2.24, 2.45) is 5.92 Å². The van der Waals surface area contributed by atoms with Crippen molar-refractivity contribution >= 4 is 16.1 Å². The molecule has 0 radical (unpaired) electrons. The fourth-order valence-electron chi connectivity index (χ4n) is 2.72. The van der Waals surface area contributed by atoms with Crippen molar-refractivity contribution < 1.29 is 0 Å². The Kier molecular flexibility index (Phi) is 3.51. The highest BCUT2D eigenvalue weighted by molar-refractivity contribution is 6.89. The fourth-order valence-corrected chi connectivity index (χ4v) is 9.20. The van der Waals surface area contributed by atoms with Crippen LogP contribution in [0.15, 0.2) is 22.5 Å². The molecule has 0 spiro atoms. The van der Waals surface area contributed by atoms with Crippen LogP contribution in [-0.2, 0) is 0 Å². The quantitative estimate of drug-likeness (QED) is 0.486. The lowest BCUT2D eigenvalue weighted by Crippen LogP contribution is -2.37. The maximum atomic E-state index is 2.50. The van der Waals surface area contributed by atoms with Crippen molar-refractivity contribution in [3.8, 4) is 0 Å². The second-order valence-corrected chi connectivity index (χ2v) is 17.0. The van der Waals surface area contributed by atoms with Crippen LogP contribution in [0, 0.1) is 5.92 Å². The second-order valence-electron chi connectivity index (χ2n) is 6.81. The molecule has 1 aliphatic carbocycles. The van der Waals surface area contributed by atoms with Gasteiger partial charge in [-0.2, -0.15) is 0 Å². The van der Waals surface area contributed by atoms with E-state index in [-0.39, 0.29) is 0 Å². The number of rotatable bonds is 2. The standard InChI is InChI=1S/C13H26Si2/c1-11-9-8-10-12(14(2,3)4)13(11)15(5,6)7/h8-9,11H,10H2,1-7H3. The molecule has 0 aromatic heterocycles. The predicted molar refractivity (Wildman–Crippen MR) is 76.6 cm³/mol. The summed E-state index contributed by atoms with van der Waals surface area (Å²) in [4.78, 5) is 0. The summed E-state index contributed by atoms with van der Waals surface area (Å²) in [5.41, 5.74) is 0. The summed E-state index contributed by atoms with van der Waals surface area (Å²) in [7, 11) is -2.24. The van der Waals surface area contributed by atoms with E-state index >= 15 is 0 Å². The topological polar surface area (TPSA) is 0 Å². The second kappa shape index (κ2) is 4.06. The first-order chi connectivity index (χ1) is 6.64. The molecule has 86 valence electrons. The summed E-state index contributed by atoms with van der Waals surface area (Å²) in [5.74, 6) is 0.701. The SMILES string of the molecule is CC1C=CCC([Si](C)(C)C)=C1[Si](C)(C)C. The van der Waals surface area contributed by atoms with Crippen LogP contribution in [0.2, 0.25) is 39.3 Å². The van der Waals surface area contributed by atoms with E-state index in [4.69, 9.17) is 0 Å². The smallest absolute Gasteiger partial charge is 0.0726 e. The van der Waals surface area contributed by atoms with Gasteiger partial charge in [0.2, 0.25) is 0 Å². The lowest BCUT2D eigenvalue weighted by atomic mass is 10.1. The molecule has 1 aliphatic rings. The van der Waals surface area contributed by atoms with Crippen LogP contribution in [0.1, 0.15) is 13.3 Å². The molecule has 1 rings (SSSR count). The average molecular weight is 239 g/mol. The maximum Gasteiger partial charge on any atom is 0.0726 e. The number of allylic oxidation sites excluding steroid dienone is 4. The molecule has 0 N–H and O–H groups in total. The van der Waals surface area contributed by atoms with Gasteiger partial charge < -0.3 is 0 Å². The molecule has 0 fully saturated rings. The van der Waals surface area contributed by atoms with Gasteiger partial charge >= 0.3 is 0 Å². The predicted octanol–water partition coefficient (Wildman–Crippen LogP) is 4.63. The van der Waals surface area contributed by atoms with E-state index in [1.165, 1.54) is 6.42 Å². The molecule has 0 aliphatic heterocycles. The summed E-state index contributed by atoms with van der Waals surface area (Å²) in [6.07, 6.45) is 6.04. The van der Waals surface area contributed by atoms with Crippen LogP contribution in [0.4, 0.5) is 0 Å². The molecule has 0 aromatic carbocycles. The fraction of sp³-hybridized carbons (Fsp3) is 0.692. The Morgan fingerprint density at radius 3 is 1.87 bits per heavy atom. The van der Waals surface area contributed by atoms with Crippen LogP contribution in [0.5, 0.6) is 0 Å². The highest BCUT2D eigenvalue weighted by atomic mass is 28.3. The van der Waals surface area contributed by atoms with E-state index in [2.05, 4.69) is 58.4 Å². The lowest BCUT2D eigenvalue weighted by molar-refractivity contribution is 0.865. The molecular formula is C13H26Si2. The van der Waals surface area contributed by atoms with Crippen LogP contribution in [-0.4, -0.2) is 16.1 Å². The summed E-state index contributed by atoms with van der Waals surface area (Å²) in [6, 6.07) is 0. The van der Waals surface area contributed by atoms with Gasteiger partial charge in [-0.25, -0.2) is 0 Å². The normalized spacial score (nSPS) is 23.5. The Bertz CT molecular complexity index is 297. The molecule has 0 saturated carbocycles. The minimum absolute atomic E-state index is 0.701. The number of hydrogen-bond acceptors (Lipinski definition) is 0. The van der Waals surface area contributed by atoms with Gasteiger partial charge in [-0.3, -0.25) is 0 Å². The molecule has 0 nitrogen and oxygen atoms in total. The molecule has 0 saturated heterocycles. The van der Waals surface area contributed by atoms with Crippen molar-refractivity contribution in [2.75, 3.05) is 0 Å². The summed E-state index contributed by atoms with van der Waals surface area (Å²) in [5, 5.41) is 3.70. The van der Waals surface area contributed by atoms with Crippen LogP contribution < -0.4 is 0 Å². The third-order valence-electron chi connectivity index (χ3n) is 3.24. The van der Waals surface area contributed by atoms with Gasteiger partial charge in [0.05, 0.1) is 16.1 Å². The Balaban J connectivity index is 3.25. The average Bonchev–Trinajstić information content (AvgIpc) is 1.99. The molecule has 15 heavy (non-hydrogen) atoms. The van der Waals surface area contributed by atoms with Crippen molar-refractivity contribution in [1.82, 2.24) is 0 Å². The van der Waals surface area contributed by atoms with Gasteiger partial charge in [0.1, 0.15) is 0 Å². The van der Waals surface area contributed by atoms with E-state index < -0.39 is 16.1 Å². The Morgan fingerprint density at radius 2 is 1.53 bits per heavy atom. The molecule has 1 atom stereocenters. The third kappa shape index (κ3) is 2.94. The van der Waals surface area contributed by atoms with Crippen LogP contribution in [0.25, 0.3) is 0 Å². The zero-order valence-corrected chi connectivity index (χ0v) is 13.4.